The van der Waals surface area contributed by atoms with Crippen LogP contribution >= 0.6 is 0 Å². The molecule has 2 aromatic carbocycles. The van der Waals surface area contributed by atoms with Crippen molar-refractivity contribution in [3.63, 3.8) is 0 Å². The van der Waals surface area contributed by atoms with E-state index in [4.69, 9.17) is 9.15 Å². The van der Waals surface area contributed by atoms with Gasteiger partial charge in [-0.1, -0.05) is 36.9 Å². The zero-order chi connectivity index (χ0) is 19.8. The first-order valence-corrected chi connectivity index (χ1v) is 8.95. The smallest absolute Gasteiger partial charge is 0.259 e. The van der Waals surface area contributed by atoms with Gasteiger partial charge in [0.15, 0.2) is 11.3 Å². The number of para-hydroxylation sites is 1. The molecule has 0 aliphatic carbocycles. The van der Waals surface area contributed by atoms with E-state index in [9.17, 15) is 9.59 Å². The van der Waals surface area contributed by atoms with Crippen molar-refractivity contribution in [3.8, 4) is 5.75 Å². The molecule has 1 aromatic heterocycles. The van der Waals surface area contributed by atoms with Gasteiger partial charge in [0.25, 0.3) is 5.91 Å². The molecule has 0 unspecified atom stereocenters. The van der Waals surface area contributed by atoms with Crippen molar-refractivity contribution in [2.75, 3.05) is 13.7 Å². The van der Waals surface area contributed by atoms with Gasteiger partial charge in [-0.3, -0.25) is 14.5 Å². The third kappa shape index (κ3) is 2.93. The number of benzene rings is 2. The van der Waals surface area contributed by atoms with E-state index in [0.29, 0.717) is 28.4 Å². The Hall–Kier alpha value is -3.54. The van der Waals surface area contributed by atoms with Crippen molar-refractivity contribution in [2.24, 2.45) is 0 Å². The molecule has 0 radical (unpaired) electrons. The lowest BCUT2D eigenvalue weighted by atomic mass is 10.1. The predicted octanol–water partition coefficient (Wildman–Crippen LogP) is 3.75. The summed E-state index contributed by atoms with van der Waals surface area (Å²) in [6, 6.07) is 14.3. The first-order valence-electron chi connectivity index (χ1n) is 8.95. The highest BCUT2D eigenvalue weighted by Crippen LogP contribution is 2.32. The third-order valence-corrected chi connectivity index (χ3v) is 4.89. The number of fused-ring (bicyclic) bond motifs is 2. The lowest BCUT2D eigenvalue weighted by Gasteiger charge is -2.18. The molecule has 2 amide bonds. The summed E-state index contributed by atoms with van der Waals surface area (Å²) in [5.74, 6) is 0.751. The summed E-state index contributed by atoms with van der Waals surface area (Å²) in [6.07, 6.45) is 0. The highest BCUT2D eigenvalue weighted by Gasteiger charge is 2.32. The molecular weight excluding hydrogens is 356 g/mol. The molecule has 1 atom stereocenters. The van der Waals surface area contributed by atoms with Crippen molar-refractivity contribution >= 4 is 28.5 Å². The number of hydrogen-bond acceptors (Lipinski definition) is 4. The maximum absolute atomic E-state index is 12.6. The number of furan rings is 1. The molecular formula is C22H20N2O4. The Morgan fingerprint density at radius 1 is 1.21 bits per heavy atom. The van der Waals surface area contributed by atoms with E-state index in [-0.39, 0.29) is 24.4 Å². The summed E-state index contributed by atoms with van der Waals surface area (Å²) in [5.41, 5.74) is 2.51. The molecule has 0 saturated heterocycles. The molecule has 6 nitrogen and oxygen atoms in total. The van der Waals surface area contributed by atoms with E-state index >= 15 is 0 Å². The Morgan fingerprint density at radius 3 is 2.68 bits per heavy atom. The van der Waals surface area contributed by atoms with Crippen molar-refractivity contribution in [1.82, 2.24) is 10.2 Å². The fourth-order valence-corrected chi connectivity index (χ4v) is 3.43. The van der Waals surface area contributed by atoms with Gasteiger partial charge in [0.05, 0.1) is 13.2 Å². The van der Waals surface area contributed by atoms with Gasteiger partial charge in [-0.15, -0.1) is 0 Å². The molecule has 2 heterocycles. The second-order valence-corrected chi connectivity index (χ2v) is 6.70. The average Bonchev–Trinajstić information content (AvgIpc) is 3.24. The van der Waals surface area contributed by atoms with Gasteiger partial charge in [-0.25, -0.2) is 0 Å². The maximum atomic E-state index is 12.6. The highest BCUT2D eigenvalue weighted by molar-refractivity contribution is 6.10. The van der Waals surface area contributed by atoms with Crippen LogP contribution in [0.25, 0.3) is 16.7 Å². The number of ether oxygens (including phenoxy) is 1. The largest absolute Gasteiger partial charge is 0.493 e. The molecule has 6 heteroatoms. The number of hydrogen-bond donors (Lipinski definition) is 1. The average molecular weight is 376 g/mol. The molecule has 1 N–H and O–H groups in total. The van der Waals surface area contributed by atoms with Gasteiger partial charge in [0.2, 0.25) is 5.91 Å². The molecule has 0 spiro atoms. The standard InChI is InChI=1S/C22H20N2O4/c1-13(19-11-15-7-6-10-18(27-3)21(15)28-19)23-20(25)12-24-14(2)16-8-4-5-9-17(16)22(24)26/h4-11,13H,2,12H2,1,3H3,(H,23,25)/t13-/m1/s1. The van der Waals surface area contributed by atoms with Crippen LogP contribution in [0.15, 0.2) is 59.5 Å². The van der Waals surface area contributed by atoms with E-state index in [1.807, 2.05) is 43.3 Å². The van der Waals surface area contributed by atoms with Crippen LogP contribution in [-0.2, 0) is 4.79 Å². The van der Waals surface area contributed by atoms with Crippen LogP contribution in [-0.4, -0.2) is 30.4 Å². The van der Waals surface area contributed by atoms with Gasteiger partial charge in [-0.05, 0) is 25.1 Å². The SMILES string of the molecule is C=C1c2ccccc2C(=O)N1CC(=O)N[C@H](C)c1cc2cccc(OC)c2o1. The Balaban J connectivity index is 1.47. The molecule has 1 aliphatic heterocycles. The maximum Gasteiger partial charge on any atom is 0.259 e. The minimum Gasteiger partial charge on any atom is -0.493 e. The van der Waals surface area contributed by atoms with E-state index < -0.39 is 0 Å². The lowest BCUT2D eigenvalue weighted by molar-refractivity contribution is -0.122. The second kappa shape index (κ2) is 6.88. The fraction of sp³-hybridized carbons (Fsp3) is 0.182. The Kier molecular flexibility index (Phi) is 4.39. The number of rotatable bonds is 5. The summed E-state index contributed by atoms with van der Waals surface area (Å²) in [5, 5.41) is 3.78. The lowest BCUT2D eigenvalue weighted by Crippen LogP contribution is -2.37. The number of nitrogens with zero attached hydrogens (tertiary/aromatic N) is 1. The van der Waals surface area contributed by atoms with Gasteiger partial charge < -0.3 is 14.5 Å². The fourth-order valence-electron chi connectivity index (χ4n) is 3.43. The van der Waals surface area contributed by atoms with E-state index in [2.05, 4.69) is 11.9 Å². The molecule has 0 saturated carbocycles. The Labute approximate surface area is 162 Å². The van der Waals surface area contributed by atoms with Crippen LogP contribution in [0.1, 0.15) is 34.6 Å². The summed E-state index contributed by atoms with van der Waals surface area (Å²) >= 11 is 0. The topological polar surface area (TPSA) is 71.8 Å². The molecule has 3 aromatic rings. The molecule has 142 valence electrons. The number of nitrogens with one attached hydrogen (secondary N) is 1. The van der Waals surface area contributed by atoms with Crippen LogP contribution in [0.2, 0.25) is 0 Å². The first kappa shape index (κ1) is 17.9. The van der Waals surface area contributed by atoms with Crippen LogP contribution in [0.5, 0.6) is 5.75 Å². The number of methoxy groups -OCH3 is 1. The van der Waals surface area contributed by atoms with Gasteiger partial charge in [0.1, 0.15) is 12.3 Å². The molecule has 4 rings (SSSR count). The predicted molar refractivity (Wildman–Crippen MR) is 106 cm³/mol. The van der Waals surface area contributed by atoms with Crippen LogP contribution < -0.4 is 10.1 Å². The van der Waals surface area contributed by atoms with Crippen molar-refractivity contribution in [1.29, 1.82) is 0 Å². The van der Waals surface area contributed by atoms with Crippen molar-refractivity contribution < 1.29 is 18.7 Å². The second-order valence-electron chi connectivity index (χ2n) is 6.70. The molecule has 1 aliphatic rings. The molecule has 28 heavy (non-hydrogen) atoms. The quantitative estimate of drug-likeness (QED) is 0.736. The van der Waals surface area contributed by atoms with E-state index in [1.165, 1.54) is 4.90 Å². The summed E-state index contributed by atoms with van der Waals surface area (Å²) < 4.78 is 11.2. The summed E-state index contributed by atoms with van der Waals surface area (Å²) in [6.45, 7) is 5.69. The van der Waals surface area contributed by atoms with Crippen molar-refractivity contribution in [2.45, 2.75) is 13.0 Å². The number of amides is 2. The third-order valence-electron chi connectivity index (χ3n) is 4.89. The van der Waals surface area contributed by atoms with Gasteiger partial charge in [0, 0.05) is 22.2 Å². The first-order chi connectivity index (χ1) is 13.5. The Bertz CT molecular complexity index is 1060. The van der Waals surface area contributed by atoms with Crippen molar-refractivity contribution in [3.05, 3.63) is 72.0 Å². The summed E-state index contributed by atoms with van der Waals surface area (Å²) in [4.78, 5) is 26.5. The molecule has 0 fully saturated rings. The Morgan fingerprint density at radius 2 is 1.96 bits per heavy atom. The molecule has 0 bridgehead atoms. The minimum atomic E-state index is -0.363. The van der Waals surface area contributed by atoms with Crippen LogP contribution in [0, 0.1) is 0 Å². The minimum absolute atomic E-state index is 0.0970. The highest BCUT2D eigenvalue weighted by atomic mass is 16.5. The zero-order valence-corrected chi connectivity index (χ0v) is 15.7. The van der Waals surface area contributed by atoms with Gasteiger partial charge >= 0.3 is 0 Å². The van der Waals surface area contributed by atoms with E-state index in [0.717, 1.165) is 10.9 Å². The number of carbonyl (C=O) groups is 2. The monoisotopic (exact) mass is 376 g/mol. The van der Waals surface area contributed by atoms with Crippen LogP contribution in [0.3, 0.4) is 0 Å². The normalized spacial score (nSPS) is 14.3. The van der Waals surface area contributed by atoms with Crippen LogP contribution in [0.4, 0.5) is 0 Å². The summed E-state index contributed by atoms with van der Waals surface area (Å²) in [7, 11) is 1.58. The van der Waals surface area contributed by atoms with E-state index in [1.54, 1.807) is 19.2 Å². The number of carbonyl (C=O) groups excluding carboxylic acids is 2. The zero-order valence-electron chi connectivity index (χ0n) is 15.7. The van der Waals surface area contributed by atoms with Gasteiger partial charge in [-0.2, -0.15) is 0 Å².